The van der Waals surface area contributed by atoms with Gasteiger partial charge in [-0.15, -0.1) is 0 Å². The predicted octanol–water partition coefficient (Wildman–Crippen LogP) is 2.36. The number of nitrogens with one attached hydrogen (secondary N) is 1. The summed E-state index contributed by atoms with van der Waals surface area (Å²) in [7, 11) is 0. The fourth-order valence-electron chi connectivity index (χ4n) is 2.41. The summed E-state index contributed by atoms with van der Waals surface area (Å²) in [5.74, 6) is 1.11. The molecule has 2 rings (SSSR count). The van der Waals surface area contributed by atoms with E-state index in [1.165, 1.54) is 12.8 Å². The zero-order chi connectivity index (χ0) is 12.3. The van der Waals surface area contributed by atoms with Gasteiger partial charge in [0.25, 0.3) is 0 Å². The maximum absolute atomic E-state index is 4.63. The SMILES string of the molecule is Cc1cccc(N(CC2CCCN2)C(C)C)n1. The average Bonchev–Trinajstić information content (AvgIpc) is 2.78. The summed E-state index contributed by atoms with van der Waals surface area (Å²) in [6, 6.07) is 7.37. The minimum Gasteiger partial charge on any atom is -0.353 e. The van der Waals surface area contributed by atoms with Crippen LogP contribution in [0.1, 0.15) is 32.4 Å². The van der Waals surface area contributed by atoms with Crippen LogP contribution in [0.3, 0.4) is 0 Å². The molecular weight excluding hydrogens is 210 g/mol. The van der Waals surface area contributed by atoms with Gasteiger partial charge in [0.1, 0.15) is 5.82 Å². The normalized spacial score (nSPS) is 19.9. The van der Waals surface area contributed by atoms with Crippen LogP contribution in [-0.4, -0.2) is 30.2 Å². The van der Waals surface area contributed by atoms with E-state index in [1.807, 2.05) is 0 Å². The third-order valence-corrected chi connectivity index (χ3v) is 3.37. The van der Waals surface area contributed by atoms with Crippen molar-refractivity contribution in [3.8, 4) is 0 Å². The Kier molecular flexibility index (Phi) is 4.00. The molecule has 0 aliphatic carbocycles. The highest BCUT2D eigenvalue weighted by Gasteiger charge is 2.20. The Hall–Kier alpha value is -1.09. The van der Waals surface area contributed by atoms with Crippen LogP contribution in [0, 0.1) is 6.92 Å². The van der Waals surface area contributed by atoms with E-state index in [4.69, 9.17) is 0 Å². The molecule has 0 radical (unpaired) electrons. The van der Waals surface area contributed by atoms with Gasteiger partial charge < -0.3 is 10.2 Å². The monoisotopic (exact) mass is 233 g/mol. The van der Waals surface area contributed by atoms with Crippen molar-refractivity contribution < 1.29 is 0 Å². The fraction of sp³-hybridized carbons (Fsp3) is 0.643. The molecule has 1 saturated heterocycles. The van der Waals surface area contributed by atoms with Crippen LogP contribution < -0.4 is 10.2 Å². The molecule has 1 fully saturated rings. The average molecular weight is 233 g/mol. The lowest BCUT2D eigenvalue weighted by atomic mass is 10.2. The Bertz CT molecular complexity index is 356. The molecule has 94 valence electrons. The van der Waals surface area contributed by atoms with Crippen LogP contribution in [0.15, 0.2) is 18.2 Å². The van der Waals surface area contributed by atoms with Gasteiger partial charge in [0.15, 0.2) is 0 Å². The summed E-state index contributed by atoms with van der Waals surface area (Å²) in [6.45, 7) is 8.75. The number of hydrogen-bond acceptors (Lipinski definition) is 3. The van der Waals surface area contributed by atoms with Crippen molar-refractivity contribution in [1.82, 2.24) is 10.3 Å². The first-order valence-corrected chi connectivity index (χ1v) is 6.60. The molecule has 0 bridgehead atoms. The maximum atomic E-state index is 4.63. The molecule has 3 heteroatoms. The van der Waals surface area contributed by atoms with Gasteiger partial charge in [-0.25, -0.2) is 4.98 Å². The van der Waals surface area contributed by atoms with Gasteiger partial charge in [-0.3, -0.25) is 0 Å². The van der Waals surface area contributed by atoms with E-state index >= 15 is 0 Å². The molecule has 17 heavy (non-hydrogen) atoms. The summed E-state index contributed by atoms with van der Waals surface area (Å²) >= 11 is 0. The number of aryl methyl sites for hydroxylation is 1. The Balaban J connectivity index is 2.10. The molecule has 0 spiro atoms. The number of aromatic nitrogens is 1. The van der Waals surface area contributed by atoms with Crippen LogP contribution in [0.4, 0.5) is 5.82 Å². The minimum atomic E-state index is 0.492. The predicted molar refractivity (Wildman–Crippen MR) is 72.5 cm³/mol. The highest BCUT2D eigenvalue weighted by Crippen LogP contribution is 2.17. The summed E-state index contributed by atoms with van der Waals surface area (Å²) in [6.07, 6.45) is 2.59. The molecule has 1 aromatic heterocycles. The Morgan fingerprint density at radius 2 is 2.29 bits per heavy atom. The second-order valence-electron chi connectivity index (χ2n) is 5.18. The van der Waals surface area contributed by atoms with Gasteiger partial charge in [0, 0.05) is 24.3 Å². The van der Waals surface area contributed by atoms with Crippen LogP contribution in [0.25, 0.3) is 0 Å². The third kappa shape index (κ3) is 3.19. The smallest absolute Gasteiger partial charge is 0.129 e. The molecule has 1 N–H and O–H groups in total. The summed E-state index contributed by atoms with van der Waals surface area (Å²) in [5.41, 5.74) is 1.09. The molecule has 3 nitrogen and oxygen atoms in total. The second kappa shape index (κ2) is 5.50. The van der Waals surface area contributed by atoms with E-state index in [1.54, 1.807) is 0 Å². The number of pyridine rings is 1. The van der Waals surface area contributed by atoms with E-state index in [0.717, 1.165) is 24.6 Å². The Morgan fingerprint density at radius 3 is 2.88 bits per heavy atom. The van der Waals surface area contributed by atoms with Crippen molar-refractivity contribution in [2.75, 3.05) is 18.0 Å². The fourth-order valence-corrected chi connectivity index (χ4v) is 2.41. The van der Waals surface area contributed by atoms with Crippen LogP contribution >= 0.6 is 0 Å². The number of rotatable bonds is 4. The van der Waals surface area contributed by atoms with Gasteiger partial charge in [0.2, 0.25) is 0 Å². The van der Waals surface area contributed by atoms with Gasteiger partial charge in [-0.2, -0.15) is 0 Å². The summed E-state index contributed by atoms with van der Waals surface area (Å²) < 4.78 is 0. The van der Waals surface area contributed by atoms with E-state index in [0.29, 0.717) is 12.1 Å². The van der Waals surface area contributed by atoms with Crippen LogP contribution in [0.5, 0.6) is 0 Å². The van der Waals surface area contributed by atoms with E-state index < -0.39 is 0 Å². The number of anilines is 1. The minimum absolute atomic E-state index is 0.492. The van der Waals surface area contributed by atoms with Gasteiger partial charge in [-0.05, 0) is 52.3 Å². The molecule has 2 heterocycles. The molecule has 1 aromatic rings. The molecule has 1 unspecified atom stereocenters. The highest BCUT2D eigenvalue weighted by atomic mass is 15.2. The first-order valence-electron chi connectivity index (χ1n) is 6.60. The summed E-state index contributed by atoms with van der Waals surface area (Å²) in [5, 5.41) is 3.56. The molecule has 1 aliphatic rings. The lowest BCUT2D eigenvalue weighted by Gasteiger charge is -2.30. The van der Waals surface area contributed by atoms with E-state index in [-0.39, 0.29) is 0 Å². The van der Waals surface area contributed by atoms with Gasteiger partial charge in [-0.1, -0.05) is 6.07 Å². The van der Waals surface area contributed by atoms with E-state index in [2.05, 4.69) is 54.2 Å². The quantitative estimate of drug-likeness (QED) is 0.865. The number of nitrogens with zero attached hydrogens (tertiary/aromatic N) is 2. The van der Waals surface area contributed by atoms with Crippen molar-refractivity contribution in [2.24, 2.45) is 0 Å². The Morgan fingerprint density at radius 1 is 1.47 bits per heavy atom. The van der Waals surface area contributed by atoms with Crippen molar-refractivity contribution in [3.05, 3.63) is 23.9 Å². The molecule has 1 aliphatic heterocycles. The topological polar surface area (TPSA) is 28.2 Å². The lowest BCUT2D eigenvalue weighted by Crippen LogP contribution is -2.41. The standard InChI is InChI=1S/C14H23N3/c1-11(2)17(10-13-7-5-9-15-13)14-8-4-6-12(3)16-14/h4,6,8,11,13,15H,5,7,9-10H2,1-3H3. The van der Waals surface area contributed by atoms with Crippen LogP contribution in [0.2, 0.25) is 0 Å². The third-order valence-electron chi connectivity index (χ3n) is 3.37. The van der Waals surface area contributed by atoms with Crippen molar-refractivity contribution in [3.63, 3.8) is 0 Å². The zero-order valence-corrected chi connectivity index (χ0v) is 11.1. The van der Waals surface area contributed by atoms with Crippen molar-refractivity contribution in [2.45, 2.75) is 45.7 Å². The van der Waals surface area contributed by atoms with Crippen molar-refractivity contribution in [1.29, 1.82) is 0 Å². The molecule has 0 aromatic carbocycles. The molecular formula is C14H23N3. The van der Waals surface area contributed by atoms with Crippen LogP contribution in [-0.2, 0) is 0 Å². The summed E-state index contributed by atoms with van der Waals surface area (Å²) in [4.78, 5) is 7.03. The van der Waals surface area contributed by atoms with E-state index in [9.17, 15) is 0 Å². The second-order valence-corrected chi connectivity index (χ2v) is 5.18. The highest BCUT2D eigenvalue weighted by molar-refractivity contribution is 5.40. The van der Waals surface area contributed by atoms with Gasteiger partial charge in [0.05, 0.1) is 0 Å². The van der Waals surface area contributed by atoms with Gasteiger partial charge >= 0.3 is 0 Å². The zero-order valence-electron chi connectivity index (χ0n) is 11.1. The Labute approximate surface area is 104 Å². The molecule has 1 atom stereocenters. The number of hydrogen-bond donors (Lipinski definition) is 1. The maximum Gasteiger partial charge on any atom is 0.129 e. The first-order chi connectivity index (χ1) is 8.16. The first kappa shape index (κ1) is 12.4. The molecule has 0 saturated carbocycles. The largest absolute Gasteiger partial charge is 0.353 e. The molecule has 0 amide bonds. The van der Waals surface area contributed by atoms with Crippen molar-refractivity contribution >= 4 is 5.82 Å². The lowest BCUT2D eigenvalue weighted by molar-refractivity contribution is 0.549.